The molecule has 1 aliphatic rings. The number of hydrogen-bond acceptors (Lipinski definition) is 2. The standard InChI is InChI=1S/C17H25NO/c1-14-7-4-5-8-15(14)16(19)13-18-11-6-9-17(2,3)10-12-18/h4-5,7-8H,6,9-13H2,1-3H3. The second-order valence-corrected chi connectivity index (χ2v) is 6.53. The van der Waals surface area contributed by atoms with E-state index in [4.69, 9.17) is 0 Å². The summed E-state index contributed by atoms with van der Waals surface area (Å²) in [5, 5.41) is 0. The van der Waals surface area contributed by atoms with Crippen LogP contribution in [0, 0.1) is 12.3 Å². The third kappa shape index (κ3) is 3.90. The summed E-state index contributed by atoms with van der Waals surface area (Å²) in [6.07, 6.45) is 3.66. The van der Waals surface area contributed by atoms with Gasteiger partial charge in [-0.15, -0.1) is 0 Å². The minimum Gasteiger partial charge on any atom is -0.296 e. The van der Waals surface area contributed by atoms with E-state index in [0.717, 1.165) is 24.2 Å². The SMILES string of the molecule is Cc1ccccc1C(=O)CN1CCCC(C)(C)CC1. The predicted molar refractivity (Wildman–Crippen MR) is 79.6 cm³/mol. The first-order chi connectivity index (χ1) is 8.98. The smallest absolute Gasteiger partial charge is 0.177 e. The largest absolute Gasteiger partial charge is 0.296 e. The number of carbonyl (C=O) groups is 1. The van der Waals surface area contributed by atoms with Crippen molar-refractivity contribution in [3.8, 4) is 0 Å². The van der Waals surface area contributed by atoms with Crippen molar-refractivity contribution >= 4 is 5.78 Å². The molecule has 2 heteroatoms. The van der Waals surface area contributed by atoms with E-state index in [1.165, 1.54) is 19.3 Å². The second kappa shape index (κ2) is 5.87. The second-order valence-electron chi connectivity index (χ2n) is 6.53. The van der Waals surface area contributed by atoms with Crippen molar-refractivity contribution in [1.29, 1.82) is 0 Å². The van der Waals surface area contributed by atoms with Gasteiger partial charge in [-0.2, -0.15) is 0 Å². The van der Waals surface area contributed by atoms with Crippen molar-refractivity contribution < 1.29 is 4.79 Å². The third-order valence-electron chi connectivity index (χ3n) is 4.25. The molecule has 0 atom stereocenters. The average Bonchev–Trinajstić information content (AvgIpc) is 2.51. The van der Waals surface area contributed by atoms with Gasteiger partial charge in [-0.3, -0.25) is 9.69 Å². The van der Waals surface area contributed by atoms with Gasteiger partial charge in [0, 0.05) is 5.56 Å². The lowest BCUT2D eigenvalue weighted by atomic mass is 9.85. The predicted octanol–water partition coefficient (Wildman–Crippen LogP) is 3.69. The Kier molecular flexibility index (Phi) is 4.41. The summed E-state index contributed by atoms with van der Waals surface area (Å²) in [5.41, 5.74) is 2.40. The van der Waals surface area contributed by atoms with Crippen LogP contribution in [0.4, 0.5) is 0 Å². The zero-order valence-electron chi connectivity index (χ0n) is 12.4. The number of nitrogens with zero attached hydrogens (tertiary/aromatic N) is 1. The fourth-order valence-electron chi connectivity index (χ4n) is 2.81. The Balaban J connectivity index is 1.98. The van der Waals surface area contributed by atoms with Crippen molar-refractivity contribution in [2.75, 3.05) is 19.6 Å². The molecule has 1 aliphatic heterocycles. The van der Waals surface area contributed by atoms with Gasteiger partial charge < -0.3 is 0 Å². The average molecular weight is 259 g/mol. The highest BCUT2D eigenvalue weighted by Gasteiger charge is 2.24. The van der Waals surface area contributed by atoms with Crippen molar-refractivity contribution in [3.05, 3.63) is 35.4 Å². The Labute approximate surface area is 116 Å². The van der Waals surface area contributed by atoms with Gasteiger partial charge in [0.05, 0.1) is 6.54 Å². The van der Waals surface area contributed by atoms with E-state index in [2.05, 4.69) is 18.7 Å². The van der Waals surface area contributed by atoms with E-state index in [9.17, 15) is 4.79 Å². The first-order valence-electron chi connectivity index (χ1n) is 7.29. The number of likely N-dealkylation sites (tertiary alicyclic amines) is 1. The van der Waals surface area contributed by atoms with Gasteiger partial charge in [0.25, 0.3) is 0 Å². The summed E-state index contributed by atoms with van der Waals surface area (Å²) in [7, 11) is 0. The van der Waals surface area contributed by atoms with Gasteiger partial charge in [0.2, 0.25) is 0 Å². The first-order valence-corrected chi connectivity index (χ1v) is 7.29. The number of aryl methyl sites for hydroxylation is 1. The molecule has 19 heavy (non-hydrogen) atoms. The molecule has 0 spiro atoms. The fourth-order valence-corrected chi connectivity index (χ4v) is 2.81. The maximum atomic E-state index is 12.4. The summed E-state index contributed by atoms with van der Waals surface area (Å²) >= 11 is 0. The van der Waals surface area contributed by atoms with Crippen molar-refractivity contribution in [3.63, 3.8) is 0 Å². The Morgan fingerprint density at radius 3 is 2.68 bits per heavy atom. The van der Waals surface area contributed by atoms with Crippen LogP contribution >= 0.6 is 0 Å². The Bertz CT molecular complexity index is 450. The lowest BCUT2D eigenvalue weighted by Gasteiger charge is -2.23. The topological polar surface area (TPSA) is 20.3 Å². The maximum absolute atomic E-state index is 12.4. The van der Waals surface area contributed by atoms with Crippen LogP contribution in [0.15, 0.2) is 24.3 Å². The zero-order chi connectivity index (χ0) is 13.9. The van der Waals surface area contributed by atoms with Crippen LogP contribution in [0.2, 0.25) is 0 Å². The first kappa shape index (κ1) is 14.3. The molecule has 0 aliphatic carbocycles. The van der Waals surface area contributed by atoms with Crippen molar-refractivity contribution in [2.24, 2.45) is 5.41 Å². The van der Waals surface area contributed by atoms with Crippen LogP contribution in [0.5, 0.6) is 0 Å². The van der Waals surface area contributed by atoms with Gasteiger partial charge in [-0.1, -0.05) is 38.1 Å². The molecule has 1 fully saturated rings. The Morgan fingerprint density at radius 1 is 1.21 bits per heavy atom. The lowest BCUT2D eigenvalue weighted by molar-refractivity contribution is 0.0930. The van der Waals surface area contributed by atoms with E-state index < -0.39 is 0 Å². The quantitative estimate of drug-likeness (QED) is 0.772. The van der Waals surface area contributed by atoms with Crippen LogP contribution in [0.3, 0.4) is 0 Å². The molecule has 0 aromatic heterocycles. The summed E-state index contributed by atoms with van der Waals surface area (Å²) in [5.74, 6) is 0.262. The van der Waals surface area contributed by atoms with E-state index in [-0.39, 0.29) is 5.78 Å². The van der Waals surface area contributed by atoms with Gasteiger partial charge in [0.15, 0.2) is 5.78 Å². The number of carbonyl (C=O) groups excluding carboxylic acids is 1. The van der Waals surface area contributed by atoms with Gasteiger partial charge in [-0.25, -0.2) is 0 Å². The molecule has 1 heterocycles. The summed E-state index contributed by atoms with van der Waals surface area (Å²) < 4.78 is 0. The van der Waals surface area contributed by atoms with Gasteiger partial charge in [0.1, 0.15) is 0 Å². The number of benzene rings is 1. The highest BCUT2D eigenvalue weighted by Crippen LogP contribution is 2.29. The van der Waals surface area contributed by atoms with E-state index in [1.807, 2.05) is 31.2 Å². The Hall–Kier alpha value is -1.15. The van der Waals surface area contributed by atoms with Crippen LogP contribution in [0.1, 0.15) is 49.0 Å². The molecule has 1 saturated heterocycles. The third-order valence-corrected chi connectivity index (χ3v) is 4.25. The van der Waals surface area contributed by atoms with Crippen LogP contribution < -0.4 is 0 Å². The van der Waals surface area contributed by atoms with E-state index >= 15 is 0 Å². The molecular weight excluding hydrogens is 234 g/mol. The van der Waals surface area contributed by atoms with Gasteiger partial charge >= 0.3 is 0 Å². The molecule has 2 rings (SSSR count). The number of hydrogen-bond donors (Lipinski definition) is 0. The molecule has 0 radical (unpaired) electrons. The number of rotatable bonds is 3. The molecule has 0 amide bonds. The van der Waals surface area contributed by atoms with Crippen LogP contribution in [0.25, 0.3) is 0 Å². The van der Waals surface area contributed by atoms with E-state index in [1.54, 1.807) is 0 Å². The minimum absolute atomic E-state index is 0.262. The van der Waals surface area contributed by atoms with Crippen molar-refractivity contribution in [2.45, 2.75) is 40.0 Å². The highest BCUT2D eigenvalue weighted by atomic mass is 16.1. The lowest BCUT2D eigenvalue weighted by Crippen LogP contribution is -2.31. The van der Waals surface area contributed by atoms with E-state index in [0.29, 0.717) is 12.0 Å². The fraction of sp³-hybridized carbons (Fsp3) is 0.588. The van der Waals surface area contributed by atoms with Crippen molar-refractivity contribution in [1.82, 2.24) is 4.90 Å². The van der Waals surface area contributed by atoms with Crippen LogP contribution in [-0.2, 0) is 0 Å². The molecule has 0 saturated carbocycles. The minimum atomic E-state index is 0.262. The van der Waals surface area contributed by atoms with Gasteiger partial charge in [-0.05, 0) is 50.3 Å². The highest BCUT2D eigenvalue weighted by molar-refractivity contribution is 5.98. The summed E-state index contributed by atoms with van der Waals surface area (Å²) in [4.78, 5) is 14.7. The normalized spacial score (nSPS) is 19.9. The number of Topliss-reactive ketones (excluding diaryl/α,β-unsaturated/α-hetero) is 1. The summed E-state index contributed by atoms with van der Waals surface area (Å²) in [6, 6.07) is 7.89. The monoisotopic (exact) mass is 259 g/mol. The van der Waals surface area contributed by atoms with Crippen LogP contribution in [-0.4, -0.2) is 30.3 Å². The zero-order valence-corrected chi connectivity index (χ0v) is 12.4. The molecule has 0 N–H and O–H groups in total. The molecule has 1 aromatic rings. The Morgan fingerprint density at radius 2 is 1.95 bits per heavy atom. The molecule has 0 bridgehead atoms. The summed E-state index contributed by atoms with van der Waals surface area (Å²) in [6.45, 7) is 9.35. The molecule has 104 valence electrons. The molecule has 1 aromatic carbocycles. The molecule has 2 nitrogen and oxygen atoms in total. The maximum Gasteiger partial charge on any atom is 0.177 e. The molecular formula is C17H25NO. The number of ketones is 1. The molecule has 0 unspecified atom stereocenters.